The maximum atomic E-state index is 12.7. The molecule has 0 bridgehead atoms. The fourth-order valence-corrected chi connectivity index (χ4v) is 1.81. The molecule has 0 radical (unpaired) electrons. The van der Waals surface area contributed by atoms with Gasteiger partial charge in [0.25, 0.3) is 0 Å². The Hall–Kier alpha value is -1.95. The Bertz CT molecular complexity index is 458. The first-order valence-electron chi connectivity index (χ1n) is 5.96. The van der Waals surface area contributed by atoms with Crippen LogP contribution in [0.15, 0.2) is 24.3 Å². The summed E-state index contributed by atoms with van der Waals surface area (Å²) in [5, 5.41) is 9.72. The summed E-state index contributed by atoms with van der Waals surface area (Å²) in [6.45, 7) is -0.137. The second-order valence-electron chi connectivity index (χ2n) is 4.32. The zero-order chi connectivity index (χ0) is 13.8. The smallest absolute Gasteiger partial charge is 0.229 e. The highest BCUT2D eigenvalue weighted by atomic mass is 19.1. The van der Waals surface area contributed by atoms with E-state index >= 15 is 0 Å². The number of likely N-dealkylation sites (tertiary alicyclic amines) is 1. The number of nitrogens with zero attached hydrogens (tertiary/aromatic N) is 1. The van der Waals surface area contributed by atoms with E-state index in [2.05, 4.69) is 0 Å². The number of imide groups is 1. The molecule has 0 aliphatic carbocycles. The van der Waals surface area contributed by atoms with Gasteiger partial charge in [-0.3, -0.25) is 14.5 Å². The van der Waals surface area contributed by atoms with Gasteiger partial charge in [-0.2, -0.15) is 0 Å². The van der Waals surface area contributed by atoms with Crippen LogP contribution in [0.5, 0.6) is 5.75 Å². The third kappa shape index (κ3) is 3.51. The van der Waals surface area contributed by atoms with E-state index in [-0.39, 0.29) is 43.6 Å². The molecule has 0 aromatic heterocycles. The van der Waals surface area contributed by atoms with E-state index in [1.165, 1.54) is 24.3 Å². The molecule has 1 aliphatic rings. The Balaban J connectivity index is 1.81. The van der Waals surface area contributed by atoms with Crippen molar-refractivity contribution in [3.63, 3.8) is 0 Å². The lowest BCUT2D eigenvalue weighted by Gasteiger charge is -2.18. The minimum atomic E-state index is -0.962. The molecular formula is C13H14FNO4. The van der Waals surface area contributed by atoms with Gasteiger partial charge in [0.1, 0.15) is 24.3 Å². The summed E-state index contributed by atoms with van der Waals surface area (Å²) in [6.07, 6.45) is -0.564. The number of hydrogen-bond donors (Lipinski definition) is 1. The Kier molecular flexibility index (Phi) is 4.11. The number of aliphatic hydroxyl groups is 1. The largest absolute Gasteiger partial charge is 0.491 e. The lowest BCUT2D eigenvalue weighted by molar-refractivity contribution is -0.140. The summed E-state index contributed by atoms with van der Waals surface area (Å²) in [6, 6.07) is 5.37. The van der Waals surface area contributed by atoms with Crippen LogP contribution in [-0.2, 0) is 9.59 Å². The zero-order valence-corrected chi connectivity index (χ0v) is 10.2. The number of halogens is 1. The van der Waals surface area contributed by atoms with Crippen LogP contribution in [0.3, 0.4) is 0 Å². The van der Waals surface area contributed by atoms with Gasteiger partial charge in [0.05, 0.1) is 6.54 Å². The molecule has 1 saturated heterocycles. The van der Waals surface area contributed by atoms with Gasteiger partial charge in [0.15, 0.2) is 0 Å². The first kappa shape index (κ1) is 13.5. The number of benzene rings is 1. The SMILES string of the molecule is O=C1CCC(=O)N1CC(O)COc1ccc(F)cc1. The van der Waals surface area contributed by atoms with Crippen LogP contribution in [0, 0.1) is 5.82 Å². The van der Waals surface area contributed by atoms with Crippen molar-refractivity contribution < 1.29 is 23.8 Å². The Morgan fingerprint density at radius 3 is 2.37 bits per heavy atom. The van der Waals surface area contributed by atoms with Crippen molar-refractivity contribution in [2.75, 3.05) is 13.2 Å². The van der Waals surface area contributed by atoms with Crippen molar-refractivity contribution in [1.29, 1.82) is 0 Å². The van der Waals surface area contributed by atoms with Crippen LogP contribution in [0.4, 0.5) is 4.39 Å². The summed E-state index contributed by atoms with van der Waals surface area (Å²) >= 11 is 0. The van der Waals surface area contributed by atoms with Gasteiger partial charge in [0, 0.05) is 12.8 Å². The van der Waals surface area contributed by atoms with Crippen molar-refractivity contribution in [1.82, 2.24) is 4.90 Å². The van der Waals surface area contributed by atoms with Crippen LogP contribution in [0.1, 0.15) is 12.8 Å². The highest BCUT2D eigenvalue weighted by Gasteiger charge is 2.30. The lowest BCUT2D eigenvalue weighted by atomic mass is 10.3. The van der Waals surface area contributed by atoms with Gasteiger partial charge in [-0.05, 0) is 24.3 Å². The highest BCUT2D eigenvalue weighted by Crippen LogP contribution is 2.14. The monoisotopic (exact) mass is 267 g/mol. The van der Waals surface area contributed by atoms with E-state index in [1.807, 2.05) is 0 Å². The molecule has 0 saturated carbocycles. The summed E-state index contributed by atoms with van der Waals surface area (Å²) < 4.78 is 17.9. The van der Waals surface area contributed by atoms with Gasteiger partial charge in [-0.1, -0.05) is 0 Å². The molecule has 1 aliphatic heterocycles. The maximum absolute atomic E-state index is 12.7. The molecule has 1 unspecified atom stereocenters. The molecule has 5 nitrogen and oxygen atoms in total. The Labute approximate surface area is 109 Å². The van der Waals surface area contributed by atoms with Crippen LogP contribution in [-0.4, -0.2) is 41.1 Å². The first-order chi connectivity index (χ1) is 9.06. The Morgan fingerprint density at radius 1 is 1.21 bits per heavy atom. The van der Waals surface area contributed by atoms with Gasteiger partial charge in [-0.15, -0.1) is 0 Å². The summed E-state index contributed by atoms with van der Waals surface area (Å²) in [5.41, 5.74) is 0. The van der Waals surface area contributed by atoms with Crippen molar-refractivity contribution in [2.45, 2.75) is 18.9 Å². The number of hydrogen-bond acceptors (Lipinski definition) is 4. The normalized spacial score (nSPS) is 16.8. The second kappa shape index (κ2) is 5.79. The van der Waals surface area contributed by atoms with E-state index in [9.17, 15) is 19.1 Å². The maximum Gasteiger partial charge on any atom is 0.229 e. The number of carbonyl (C=O) groups is 2. The van der Waals surface area contributed by atoms with Crippen LogP contribution >= 0.6 is 0 Å². The van der Waals surface area contributed by atoms with Gasteiger partial charge < -0.3 is 9.84 Å². The molecular weight excluding hydrogens is 253 g/mol. The number of ether oxygens (including phenoxy) is 1. The number of carbonyl (C=O) groups excluding carboxylic acids is 2. The van der Waals surface area contributed by atoms with Crippen molar-refractivity contribution in [2.24, 2.45) is 0 Å². The molecule has 1 fully saturated rings. The molecule has 102 valence electrons. The zero-order valence-electron chi connectivity index (χ0n) is 10.2. The van der Waals surface area contributed by atoms with E-state index < -0.39 is 6.10 Å². The first-order valence-corrected chi connectivity index (χ1v) is 5.96. The average molecular weight is 267 g/mol. The molecule has 1 atom stereocenters. The summed E-state index contributed by atoms with van der Waals surface area (Å²) in [4.78, 5) is 23.7. The standard InChI is InChI=1S/C13H14FNO4/c14-9-1-3-11(4-2-9)19-8-10(16)7-15-12(17)5-6-13(15)18/h1-4,10,16H,5-8H2. The van der Waals surface area contributed by atoms with Crippen LogP contribution in [0.2, 0.25) is 0 Å². The van der Waals surface area contributed by atoms with Crippen molar-refractivity contribution in [3.05, 3.63) is 30.1 Å². The predicted molar refractivity (Wildman–Crippen MR) is 63.9 cm³/mol. The Morgan fingerprint density at radius 2 is 1.79 bits per heavy atom. The molecule has 19 heavy (non-hydrogen) atoms. The predicted octanol–water partition coefficient (Wildman–Crippen LogP) is 0.714. The average Bonchev–Trinajstić information content (AvgIpc) is 2.70. The summed E-state index contributed by atoms with van der Waals surface area (Å²) in [7, 11) is 0. The van der Waals surface area contributed by atoms with Crippen LogP contribution < -0.4 is 4.74 Å². The third-order valence-electron chi connectivity index (χ3n) is 2.80. The van der Waals surface area contributed by atoms with E-state index in [1.54, 1.807) is 0 Å². The lowest BCUT2D eigenvalue weighted by Crippen LogP contribution is -2.38. The topological polar surface area (TPSA) is 66.8 Å². The molecule has 0 spiro atoms. The second-order valence-corrected chi connectivity index (χ2v) is 4.32. The number of β-amino-alcohol motifs (C(OH)–C–C–N with tert-alkyl or cyclic N) is 1. The van der Waals surface area contributed by atoms with E-state index in [0.29, 0.717) is 5.75 Å². The number of rotatable bonds is 5. The molecule has 1 N–H and O–H groups in total. The van der Waals surface area contributed by atoms with E-state index in [0.717, 1.165) is 4.90 Å². The molecule has 6 heteroatoms. The minimum Gasteiger partial charge on any atom is -0.491 e. The summed E-state index contributed by atoms with van der Waals surface area (Å²) in [5.74, 6) is -0.502. The highest BCUT2D eigenvalue weighted by molar-refractivity contribution is 6.01. The van der Waals surface area contributed by atoms with Crippen molar-refractivity contribution >= 4 is 11.8 Å². The quantitative estimate of drug-likeness (QED) is 0.798. The van der Waals surface area contributed by atoms with Gasteiger partial charge in [-0.25, -0.2) is 4.39 Å². The fourth-order valence-electron chi connectivity index (χ4n) is 1.81. The number of amides is 2. The minimum absolute atomic E-state index is 0.0668. The fraction of sp³-hybridized carbons (Fsp3) is 0.385. The van der Waals surface area contributed by atoms with E-state index in [4.69, 9.17) is 4.74 Å². The number of aliphatic hydroxyl groups excluding tert-OH is 1. The molecule has 1 heterocycles. The third-order valence-corrected chi connectivity index (χ3v) is 2.80. The molecule has 1 aromatic carbocycles. The van der Waals surface area contributed by atoms with Gasteiger partial charge in [0.2, 0.25) is 11.8 Å². The molecule has 2 rings (SSSR count). The van der Waals surface area contributed by atoms with Crippen molar-refractivity contribution in [3.8, 4) is 5.75 Å². The molecule has 2 amide bonds. The van der Waals surface area contributed by atoms with Gasteiger partial charge >= 0.3 is 0 Å². The molecule has 1 aromatic rings. The van der Waals surface area contributed by atoms with Crippen LogP contribution in [0.25, 0.3) is 0 Å².